The van der Waals surface area contributed by atoms with Crippen LogP contribution in [0.2, 0.25) is 0 Å². The lowest BCUT2D eigenvalue weighted by Crippen LogP contribution is -2.28. The van der Waals surface area contributed by atoms with Gasteiger partial charge in [0.05, 0.1) is 0 Å². The molecule has 0 bridgehead atoms. The molecule has 0 fully saturated rings. The van der Waals surface area contributed by atoms with Crippen molar-refractivity contribution in [2.24, 2.45) is 0 Å². The molecule has 0 aliphatic carbocycles. The third-order valence-corrected chi connectivity index (χ3v) is 2.76. The molecule has 0 aromatic heterocycles. The third-order valence-electron chi connectivity index (χ3n) is 1.30. The second-order valence-electron chi connectivity index (χ2n) is 2.12. The van der Waals surface area contributed by atoms with E-state index in [9.17, 15) is 0 Å². The van der Waals surface area contributed by atoms with Crippen molar-refractivity contribution in [3.05, 3.63) is 0 Å². The second-order valence-corrected chi connectivity index (χ2v) is 3.91. The fourth-order valence-corrected chi connectivity index (χ4v) is 1.48. The Kier molecular flexibility index (Phi) is 5.91. The molecule has 0 radical (unpaired) electrons. The molecule has 1 atom stereocenters. The molecule has 0 rings (SSSR count). The number of hydrogen-bond acceptors (Lipinski definition) is 3. The molecular formula is C6H16O3Si. The lowest BCUT2D eigenvalue weighted by molar-refractivity contribution is 0.0932. The molecule has 3 nitrogen and oxygen atoms in total. The Bertz CT molecular complexity index is 75.4. The molecule has 0 saturated carbocycles. The van der Waals surface area contributed by atoms with Crippen molar-refractivity contribution in [3.8, 4) is 0 Å². The van der Waals surface area contributed by atoms with Crippen LogP contribution in [0.5, 0.6) is 0 Å². The first-order chi connectivity index (χ1) is 4.74. The molecule has 10 heavy (non-hydrogen) atoms. The third kappa shape index (κ3) is 4.00. The highest BCUT2D eigenvalue weighted by Crippen LogP contribution is 1.99. The van der Waals surface area contributed by atoms with Crippen LogP contribution in [0.1, 0.15) is 20.3 Å². The first-order valence-electron chi connectivity index (χ1n) is 3.45. The van der Waals surface area contributed by atoms with Crippen LogP contribution in [-0.2, 0) is 13.3 Å². The van der Waals surface area contributed by atoms with Crippen molar-refractivity contribution < 1.29 is 13.3 Å². The summed E-state index contributed by atoms with van der Waals surface area (Å²) in [6.45, 7) is 4.08. The Labute approximate surface area is 64.3 Å². The fraction of sp³-hybridized carbons (Fsp3) is 1.00. The van der Waals surface area contributed by atoms with Gasteiger partial charge in [-0.25, -0.2) is 0 Å². The van der Waals surface area contributed by atoms with Gasteiger partial charge in [0.2, 0.25) is 0 Å². The van der Waals surface area contributed by atoms with E-state index in [-0.39, 0.29) is 6.10 Å². The zero-order valence-electron chi connectivity index (χ0n) is 7.09. The van der Waals surface area contributed by atoms with Gasteiger partial charge in [0.15, 0.2) is 0 Å². The van der Waals surface area contributed by atoms with Gasteiger partial charge in [0, 0.05) is 20.3 Å². The van der Waals surface area contributed by atoms with Crippen LogP contribution in [0.15, 0.2) is 0 Å². The van der Waals surface area contributed by atoms with E-state index in [0.29, 0.717) is 0 Å². The summed E-state index contributed by atoms with van der Waals surface area (Å²) < 4.78 is 15.3. The first-order valence-corrected chi connectivity index (χ1v) is 4.87. The van der Waals surface area contributed by atoms with Gasteiger partial charge in [-0.2, -0.15) is 0 Å². The van der Waals surface area contributed by atoms with Gasteiger partial charge < -0.3 is 13.3 Å². The summed E-state index contributed by atoms with van der Waals surface area (Å²) in [5, 5.41) is 0. The van der Waals surface area contributed by atoms with Crippen molar-refractivity contribution in [2.75, 3.05) is 14.2 Å². The van der Waals surface area contributed by atoms with Crippen LogP contribution in [0.4, 0.5) is 0 Å². The van der Waals surface area contributed by atoms with Crippen LogP contribution in [0.3, 0.4) is 0 Å². The molecular weight excluding hydrogens is 148 g/mol. The maximum atomic E-state index is 5.39. The quantitative estimate of drug-likeness (QED) is 0.563. The Morgan fingerprint density at radius 2 is 1.80 bits per heavy atom. The van der Waals surface area contributed by atoms with Crippen LogP contribution in [-0.4, -0.2) is 29.9 Å². The van der Waals surface area contributed by atoms with Gasteiger partial charge in [0.25, 0.3) is 0 Å². The van der Waals surface area contributed by atoms with Gasteiger partial charge in [-0.15, -0.1) is 0 Å². The van der Waals surface area contributed by atoms with Crippen LogP contribution < -0.4 is 0 Å². The molecule has 0 spiro atoms. The highest BCUT2D eigenvalue weighted by molar-refractivity contribution is 6.36. The maximum Gasteiger partial charge on any atom is 0.483 e. The van der Waals surface area contributed by atoms with E-state index in [1.54, 1.807) is 14.2 Å². The Hall–Kier alpha value is 0.0969. The van der Waals surface area contributed by atoms with Gasteiger partial charge in [-0.05, 0) is 13.3 Å². The summed E-state index contributed by atoms with van der Waals surface area (Å²) in [7, 11) is 1.46. The predicted octanol–water partition coefficient (Wildman–Crippen LogP) is 0.811. The lowest BCUT2D eigenvalue weighted by Gasteiger charge is -2.15. The molecule has 0 saturated heterocycles. The summed E-state index contributed by atoms with van der Waals surface area (Å²) >= 11 is 0. The summed E-state index contributed by atoms with van der Waals surface area (Å²) in [5.74, 6) is 0. The molecule has 62 valence electrons. The SMILES string of the molecule is CCC(C)O[SiH](OC)OC. The van der Waals surface area contributed by atoms with Crippen molar-refractivity contribution in [2.45, 2.75) is 26.4 Å². The normalized spacial score (nSPS) is 14.1. The molecule has 0 N–H and O–H groups in total. The van der Waals surface area contributed by atoms with Crippen LogP contribution in [0, 0.1) is 0 Å². The number of hydrogen-bond donors (Lipinski definition) is 0. The van der Waals surface area contributed by atoms with Crippen molar-refractivity contribution in [1.82, 2.24) is 0 Å². The van der Waals surface area contributed by atoms with Gasteiger partial charge in [-0.3, -0.25) is 0 Å². The molecule has 0 heterocycles. The highest BCUT2D eigenvalue weighted by Gasteiger charge is 2.13. The molecule has 4 heteroatoms. The number of rotatable bonds is 5. The van der Waals surface area contributed by atoms with Crippen molar-refractivity contribution >= 4 is 9.53 Å². The molecule has 0 amide bonds. The Morgan fingerprint density at radius 1 is 1.30 bits per heavy atom. The lowest BCUT2D eigenvalue weighted by atomic mass is 10.3. The average molecular weight is 164 g/mol. The summed E-state index contributed by atoms with van der Waals surface area (Å²) in [6.07, 6.45) is 1.24. The topological polar surface area (TPSA) is 27.7 Å². The second kappa shape index (κ2) is 5.85. The van der Waals surface area contributed by atoms with Gasteiger partial charge >= 0.3 is 9.53 Å². The van der Waals surface area contributed by atoms with E-state index >= 15 is 0 Å². The zero-order valence-corrected chi connectivity index (χ0v) is 8.24. The van der Waals surface area contributed by atoms with Crippen molar-refractivity contribution in [3.63, 3.8) is 0 Å². The van der Waals surface area contributed by atoms with E-state index < -0.39 is 9.53 Å². The van der Waals surface area contributed by atoms with E-state index in [2.05, 4.69) is 6.92 Å². The molecule has 1 unspecified atom stereocenters. The van der Waals surface area contributed by atoms with Crippen LogP contribution >= 0.6 is 0 Å². The summed E-state index contributed by atoms with van der Waals surface area (Å²) in [4.78, 5) is 0. The Morgan fingerprint density at radius 3 is 2.10 bits per heavy atom. The first kappa shape index (κ1) is 10.1. The minimum Gasteiger partial charge on any atom is -0.379 e. The minimum atomic E-state index is -1.77. The smallest absolute Gasteiger partial charge is 0.379 e. The monoisotopic (exact) mass is 164 g/mol. The largest absolute Gasteiger partial charge is 0.483 e. The predicted molar refractivity (Wildman–Crippen MR) is 42.0 cm³/mol. The minimum absolute atomic E-state index is 0.247. The molecule has 0 aliphatic heterocycles. The average Bonchev–Trinajstić information content (AvgIpc) is 1.99. The molecule has 0 aromatic carbocycles. The summed E-state index contributed by atoms with van der Waals surface area (Å²) in [6, 6.07) is 0. The summed E-state index contributed by atoms with van der Waals surface area (Å²) in [5.41, 5.74) is 0. The Balaban J connectivity index is 3.41. The van der Waals surface area contributed by atoms with E-state index in [0.717, 1.165) is 6.42 Å². The fourth-order valence-electron chi connectivity index (χ4n) is 0.493. The van der Waals surface area contributed by atoms with E-state index in [1.807, 2.05) is 6.92 Å². The van der Waals surface area contributed by atoms with E-state index in [1.165, 1.54) is 0 Å². The van der Waals surface area contributed by atoms with Crippen LogP contribution in [0.25, 0.3) is 0 Å². The molecule has 0 aromatic rings. The maximum absolute atomic E-state index is 5.39. The van der Waals surface area contributed by atoms with Gasteiger partial charge in [-0.1, -0.05) is 6.92 Å². The van der Waals surface area contributed by atoms with E-state index in [4.69, 9.17) is 13.3 Å². The van der Waals surface area contributed by atoms with Crippen molar-refractivity contribution in [1.29, 1.82) is 0 Å². The highest BCUT2D eigenvalue weighted by atomic mass is 28.3. The standard InChI is InChI=1S/C6H16O3Si/c1-5-6(2)9-10(7-3)8-4/h6,10H,5H2,1-4H3. The zero-order chi connectivity index (χ0) is 7.98. The van der Waals surface area contributed by atoms with Gasteiger partial charge in [0.1, 0.15) is 0 Å². The molecule has 0 aliphatic rings.